The van der Waals surface area contributed by atoms with Crippen molar-refractivity contribution in [1.29, 1.82) is 0 Å². The Balaban J connectivity index is 1.96. The van der Waals surface area contributed by atoms with Gasteiger partial charge in [0.25, 0.3) is 0 Å². The topological polar surface area (TPSA) is 40.5 Å². The fourth-order valence-corrected chi connectivity index (χ4v) is 3.02. The molecule has 1 aliphatic rings. The molecular formula is C18H35NO2. The van der Waals surface area contributed by atoms with E-state index in [4.69, 9.17) is 0 Å². The largest absolute Gasteiger partial charge is 0.391 e. The first-order valence-corrected chi connectivity index (χ1v) is 9.11. The van der Waals surface area contributed by atoms with Crippen molar-refractivity contribution in [3.63, 3.8) is 0 Å². The molecule has 1 rings (SSSR count). The number of piperidine rings is 1. The third-order valence-corrected chi connectivity index (χ3v) is 4.77. The van der Waals surface area contributed by atoms with Gasteiger partial charge in [-0.05, 0) is 18.8 Å². The summed E-state index contributed by atoms with van der Waals surface area (Å²) in [4.78, 5) is 13.9. The zero-order chi connectivity index (χ0) is 15.5. The highest BCUT2D eigenvalue weighted by atomic mass is 16.3. The molecule has 0 radical (unpaired) electrons. The lowest BCUT2D eigenvalue weighted by atomic mass is 9.95. The van der Waals surface area contributed by atoms with Crippen LogP contribution in [0.2, 0.25) is 0 Å². The fourth-order valence-electron chi connectivity index (χ4n) is 3.02. The molecule has 0 aromatic rings. The summed E-state index contributed by atoms with van der Waals surface area (Å²) in [6.07, 6.45) is 12.8. The maximum absolute atomic E-state index is 12.1. The minimum atomic E-state index is -0.328. The van der Waals surface area contributed by atoms with Crippen molar-refractivity contribution in [2.24, 2.45) is 5.92 Å². The van der Waals surface area contributed by atoms with Gasteiger partial charge in [0.1, 0.15) is 0 Å². The van der Waals surface area contributed by atoms with E-state index in [9.17, 15) is 9.90 Å². The second kappa shape index (κ2) is 11.1. The number of rotatable bonds is 10. The van der Waals surface area contributed by atoms with Crippen molar-refractivity contribution in [2.45, 2.75) is 90.6 Å². The summed E-state index contributed by atoms with van der Waals surface area (Å²) < 4.78 is 0. The molecule has 0 spiro atoms. The average molecular weight is 297 g/mol. The van der Waals surface area contributed by atoms with Gasteiger partial charge in [0, 0.05) is 19.5 Å². The van der Waals surface area contributed by atoms with E-state index in [1.807, 2.05) is 4.90 Å². The van der Waals surface area contributed by atoms with E-state index in [0.29, 0.717) is 18.9 Å². The van der Waals surface area contributed by atoms with E-state index in [1.54, 1.807) is 0 Å². The minimum absolute atomic E-state index is 0.240. The molecule has 0 aromatic heterocycles. The smallest absolute Gasteiger partial charge is 0.222 e. The predicted octanol–water partition coefficient (Wildman–Crippen LogP) is 4.14. The first kappa shape index (κ1) is 18.5. The molecular weight excluding hydrogens is 262 g/mol. The van der Waals surface area contributed by atoms with Crippen LogP contribution in [0.25, 0.3) is 0 Å². The number of unbranched alkanes of at least 4 members (excludes halogenated alkanes) is 8. The lowest BCUT2D eigenvalue weighted by molar-refractivity contribution is -0.135. The SMILES string of the molecule is CCCCCCCCCCCC(=O)N1CCC(C)C(O)C1. The lowest BCUT2D eigenvalue weighted by Gasteiger charge is -2.34. The Kier molecular flexibility index (Phi) is 9.73. The number of aliphatic hydroxyl groups excluding tert-OH is 1. The molecule has 21 heavy (non-hydrogen) atoms. The van der Waals surface area contributed by atoms with E-state index in [2.05, 4.69) is 13.8 Å². The van der Waals surface area contributed by atoms with Gasteiger partial charge in [0.05, 0.1) is 6.10 Å². The predicted molar refractivity (Wildman–Crippen MR) is 88.2 cm³/mol. The van der Waals surface area contributed by atoms with E-state index in [-0.39, 0.29) is 12.0 Å². The molecule has 1 aliphatic heterocycles. The standard InChI is InChI=1S/C18H35NO2/c1-3-4-5-6-7-8-9-10-11-12-18(21)19-14-13-16(2)17(20)15-19/h16-17,20H,3-15H2,1-2H3. The summed E-state index contributed by atoms with van der Waals surface area (Å²) in [5.74, 6) is 0.575. The van der Waals surface area contributed by atoms with Crippen LogP contribution in [0, 0.1) is 5.92 Å². The van der Waals surface area contributed by atoms with Gasteiger partial charge in [0.2, 0.25) is 5.91 Å². The molecule has 124 valence electrons. The normalized spacial score (nSPS) is 22.5. The number of hydrogen-bond acceptors (Lipinski definition) is 2. The van der Waals surface area contributed by atoms with Crippen LogP contribution in [0.5, 0.6) is 0 Å². The molecule has 2 atom stereocenters. The highest BCUT2D eigenvalue weighted by Crippen LogP contribution is 2.18. The van der Waals surface area contributed by atoms with Gasteiger partial charge in [-0.15, -0.1) is 0 Å². The van der Waals surface area contributed by atoms with Crippen molar-refractivity contribution in [3.05, 3.63) is 0 Å². The van der Waals surface area contributed by atoms with E-state index in [0.717, 1.165) is 19.4 Å². The molecule has 1 N–H and O–H groups in total. The Morgan fingerprint density at radius 1 is 1.05 bits per heavy atom. The molecule has 3 heteroatoms. The van der Waals surface area contributed by atoms with Crippen molar-refractivity contribution in [3.8, 4) is 0 Å². The molecule has 1 amide bonds. The van der Waals surface area contributed by atoms with Crippen molar-refractivity contribution >= 4 is 5.91 Å². The first-order chi connectivity index (χ1) is 10.1. The van der Waals surface area contributed by atoms with Crippen LogP contribution in [0.4, 0.5) is 0 Å². The molecule has 0 bridgehead atoms. The second-order valence-corrected chi connectivity index (χ2v) is 6.75. The summed E-state index contributed by atoms with van der Waals surface area (Å²) in [5.41, 5.74) is 0. The number of carbonyl (C=O) groups excluding carboxylic acids is 1. The summed E-state index contributed by atoms with van der Waals surface area (Å²) >= 11 is 0. The monoisotopic (exact) mass is 297 g/mol. The van der Waals surface area contributed by atoms with E-state index >= 15 is 0 Å². The zero-order valence-corrected chi connectivity index (χ0v) is 14.1. The zero-order valence-electron chi connectivity index (χ0n) is 14.1. The van der Waals surface area contributed by atoms with Crippen LogP contribution < -0.4 is 0 Å². The average Bonchev–Trinajstić information content (AvgIpc) is 2.48. The van der Waals surface area contributed by atoms with Gasteiger partial charge >= 0.3 is 0 Å². The van der Waals surface area contributed by atoms with Crippen molar-refractivity contribution in [2.75, 3.05) is 13.1 Å². The lowest BCUT2D eigenvalue weighted by Crippen LogP contribution is -2.45. The number of carbonyl (C=O) groups is 1. The molecule has 1 heterocycles. The summed E-state index contributed by atoms with van der Waals surface area (Å²) in [7, 11) is 0. The number of amides is 1. The van der Waals surface area contributed by atoms with Gasteiger partial charge in [-0.3, -0.25) is 4.79 Å². The Morgan fingerprint density at radius 3 is 2.19 bits per heavy atom. The third kappa shape index (κ3) is 7.85. The van der Waals surface area contributed by atoms with Gasteiger partial charge in [0.15, 0.2) is 0 Å². The number of hydrogen-bond donors (Lipinski definition) is 1. The second-order valence-electron chi connectivity index (χ2n) is 6.75. The summed E-state index contributed by atoms with van der Waals surface area (Å²) in [6.45, 7) is 5.68. The molecule has 0 aliphatic carbocycles. The van der Waals surface area contributed by atoms with Crippen LogP contribution in [-0.2, 0) is 4.79 Å². The number of nitrogens with zero attached hydrogens (tertiary/aromatic N) is 1. The molecule has 1 fully saturated rings. The summed E-state index contributed by atoms with van der Waals surface area (Å²) in [6, 6.07) is 0. The molecule has 0 aromatic carbocycles. The fraction of sp³-hybridized carbons (Fsp3) is 0.944. The van der Waals surface area contributed by atoms with Gasteiger partial charge < -0.3 is 10.0 Å². The third-order valence-electron chi connectivity index (χ3n) is 4.77. The molecule has 1 saturated heterocycles. The Labute approximate surface area is 131 Å². The highest BCUT2D eigenvalue weighted by Gasteiger charge is 2.26. The Bertz CT molecular complexity index is 280. The van der Waals surface area contributed by atoms with Crippen molar-refractivity contribution < 1.29 is 9.90 Å². The van der Waals surface area contributed by atoms with E-state index in [1.165, 1.54) is 51.4 Å². The van der Waals surface area contributed by atoms with Crippen LogP contribution in [0.1, 0.15) is 84.5 Å². The van der Waals surface area contributed by atoms with Crippen LogP contribution in [0.15, 0.2) is 0 Å². The number of likely N-dealkylation sites (tertiary alicyclic amines) is 1. The number of β-amino-alcohol motifs (C(OH)–C–C–N with tert-alkyl or cyclic N) is 1. The Hall–Kier alpha value is -0.570. The van der Waals surface area contributed by atoms with Crippen molar-refractivity contribution in [1.82, 2.24) is 4.90 Å². The first-order valence-electron chi connectivity index (χ1n) is 9.11. The minimum Gasteiger partial charge on any atom is -0.391 e. The van der Waals surface area contributed by atoms with Crippen LogP contribution >= 0.6 is 0 Å². The van der Waals surface area contributed by atoms with E-state index < -0.39 is 0 Å². The highest BCUT2D eigenvalue weighted by molar-refractivity contribution is 5.76. The number of aliphatic hydroxyl groups is 1. The molecule has 2 unspecified atom stereocenters. The van der Waals surface area contributed by atoms with Gasteiger partial charge in [-0.2, -0.15) is 0 Å². The van der Waals surface area contributed by atoms with Crippen LogP contribution in [-0.4, -0.2) is 35.1 Å². The Morgan fingerprint density at radius 2 is 1.62 bits per heavy atom. The maximum Gasteiger partial charge on any atom is 0.222 e. The quantitative estimate of drug-likeness (QED) is 0.616. The maximum atomic E-state index is 12.1. The molecule has 0 saturated carbocycles. The summed E-state index contributed by atoms with van der Waals surface area (Å²) in [5, 5.41) is 9.83. The van der Waals surface area contributed by atoms with Crippen LogP contribution in [0.3, 0.4) is 0 Å². The van der Waals surface area contributed by atoms with Gasteiger partial charge in [-0.25, -0.2) is 0 Å². The van der Waals surface area contributed by atoms with Gasteiger partial charge in [-0.1, -0.05) is 65.2 Å². The molecule has 3 nitrogen and oxygen atoms in total.